The summed E-state index contributed by atoms with van der Waals surface area (Å²) in [5, 5.41) is 3.06. The molecule has 1 atom stereocenters. The van der Waals surface area contributed by atoms with E-state index in [4.69, 9.17) is 0 Å². The average Bonchev–Trinajstić information content (AvgIpc) is 3.15. The summed E-state index contributed by atoms with van der Waals surface area (Å²) in [6.45, 7) is 2.66. The van der Waals surface area contributed by atoms with E-state index in [2.05, 4.69) is 32.3 Å². The predicted molar refractivity (Wildman–Crippen MR) is 105 cm³/mol. The number of nitrogens with one attached hydrogen (secondary N) is 1. The summed E-state index contributed by atoms with van der Waals surface area (Å²) in [6, 6.07) is 16.5. The zero-order valence-electron chi connectivity index (χ0n) is 15.4. The van der Waals surface area contributed by atoms with Gasteiger partial charge in [0, 0.05) is 43.6 Å². The number of aromatic nitrogens is 2. The van der Waals surface area contributed by atoms with Gasteiger partial charge in [-0.05, 0) is 24.1 Å². The van der Waals surface area contributed by atoms with Gasteiger partial charge in [-0.1, -0.05) is 42.5 Å². The van der Waals surface area contributed by atoms with Gasteiger partial charge in [-0.2, -0.15) is 0 Å². The quantitative estimate of drug-likeness (QED) is 0.742. The Kier molecular flexibility index (Phi) is 5.39. The van der Waals surface area contributed by atoms with Crippen molar-refractivity contribution in [2.45, 2.75) is 19.0 Å². The summed E-state index contributed by atoms with van der Waals surface area (Å²) in [7, 11) is 0. The van der Waals surface area contributed by atoms with Crippen LogP contribution in [0.2, 0.25) is 0 Å². The molecule has 6 heteroatoms. The summed E-state index contributed by atoms with van der Waals surface area (Å²) in [5.41, 5.74) is 2.26. The third kappa shape index (κ3) is 4.40. The van der Waals surface area contributed by atoms with Gasteiger partial charge in [-0.25, -0.2) is 14.4 Å². The number of carbonyl (C=O) groups is 1. The van der Waals surface area contributed by atoms with E-state index in [1.165, 1.54) is 30.1 Å². The van der Waals surface area contributed by atoms with Gasteiger partial charge in [-0.15, -0.1) is 0 Å². The highest BCUT2D eigenvalue weighted by molar-refractivity contribution is 5.93. The largest absolute Gasteiger partial charge is 0.348 e. The molecule has 5 nitrogen and oxygen atoms in total. The van der Waals surface area contributed by atoms with Gasteiger partial charge >= 0.3 is 0 Å². The van der Waals surface area contributed by atoms with Crippen molar-refractivity contribution in [1.82, 2.24) is 20.2 Å². The minimum atomic E-state index is -0.343. The van der Waals surface area contributed by atoms with E-state index in [1.807, 2.05) is 18.2 Å². The molecule has 2 aromatic carbocycles. The summed E-state index contributed by atoms with van der Waals surface area (Å²) in [5.74, 6) is -0.132. The molecule has 4 rings (SSSR count). The van der Waals surface area contributed by atoms with Gasteiger partial charge in [0.25, 0.3) is 5.91 Å². The smallest absolute Gasteiger partial charge is 0.254 e. The number of nitrogens with zero attached hydrogens (tertiary/aromatic N) is 3. The van der Waals surface area contributed by atoms with Crippen LogP contribution in [0.4, 0.5) is 4.39 Å². The van der Waals surface area contributed by atoms with Crippen molar-refractivity contribution < 1.29 is 9.18 Å². The topological polar surface area (TPSA) is 58.1 Å². The van der Waals surface area contributed by atoms with Crippen LogP contribution in [0.15, 0.2) is 67.0 Å². The SMILES string of the molecule is O=C(NC1CCN(Cc2ccccc2)C1)c1cnc(-c2cccc(F)c2)nc1. The van der Waals surface area contributed by atoms with E-state index < -0.39 is 0 Å². The van der Waals surface area contributed by atoms with Gasteiger partial charge in [-0.3, -0.25) is 9.69 Å². The molecule has 1 N–H and O–H groups in total. The van der Waals surface area contributed by atoms with Crippen molar-refractivity contribution in [1.29, 1.82) is 0 Å². The van der Waals surface area contributed by atoms with Crippen molar-refractivity contribution in [3.8, 4) is 11.4 Å². The first-order valence-corrected chi connectivity index (χ1v) is 9.32. The van der Waals surface area contributed by atoms with E-state index in [9.17, 15) is 9.18 Å². The highest BCUT2D eigenvalue weighted by Gasteiger charge is 2.24. The molecule has 1 aliphatic heterocycles. The second kappa shape index (κ2) is 8.27. The number of hydrogen-bond acceptors (Lipinski definition) is 4. The van der Waals surface area contributed by atoms with E-state index >= 15 is 0 Å². The molecule has 0 radical (unpaired) electrons. The Balaban J connectivity index is 1.34. The third-order valence-electron chi connectivity index (χ3n) is 4.85. The standard InChI is InChI=1S/C22H21FN4O/c23-19-8-4-7-17(11-19)21-24-12-18(13-25-21)22(28)26-20-9-10-27(15-20)14-16-5-2-1-3-6-16/h1-8,11-13,20H,9-10,14-15H2,(H,26,28). The molecular weight excluding hydrogens is 355 g/mol. The minimum Gasteiger partial charge on any atom is -0.348 e. The van der Waals surface area contributed by atoms with Crippen LogP contribution >= 0.6 is 0 Å². The first kappa shape index (κ1) is 18.3. The summed E-state index contributed by atoms with van der Waals surface area (Å²) < 4.78 is 13.3. The molecule has 1 aliphatic rings. The maximum Gasteiger partial charge on any atom is 0.254 e. The fourth-order valence-corrected chi connectivity index (χ4v) is 3.43. The number of likely N-dealkylation sites (tertiary alicyclic amines) is 1. The van der Waals surface area contributed by atoms with Crippen molar-refractivity contribution in [2.24, 2.45) is 0 Å². The Morgan fingerprint density at radius 3 is 2.64 bits per heavy atom. The van der Waals surface area contributed by atoms with Crippen molar-refractivity contribution in [3.63, 3.8) is 0 Å². The van der Waals surface area contributed by atoms with E-state index in [0.717, 1.165) is 26.1 Å². The fraction of sp³-hybridized carbons (Fsp3) is 0.227. The summed E-state index contributed by atoms with van der Waals surface area (Å²) in [4.78, 5) is 23.2. The minimum absolute atomic E-state index is 0.110. The van der Waals surface area contributed by atoms with E-state index in [0.29, 0.717) is 17.0 Å². The van der Waals surface area contributed by atoms with Crippen molar-refractivity contribution >= 4 is 5.91 Å². The maximum atomic E-state index is 13.3. The monoisotopic (exact) mass is 376 g/mol. The lowest BCUT2D eigenvalue weighted by Crippen LogP contribution is -2.37. The molecule has 28 heavy (non-hydrogen) atoms. The first-order chi connectivity index (χ1) is 13.7. The van der Waals surface area contributed by atoms with Crippen LogP contribution in [0.5, 0.6) is 0 Å². The second-order valence-corrected chi connectivity index (χ2v) is 6.99. The number of halogens is 1. The average molecular weight is 376 g/mol. The lowest BCUT2D eigenvalue weighted by Gasteiger charge is -2.16. The maximum absolute atomic E-state index is 13.3. The number of carbonyl (C=O) groups excluding carboxylic acids is 1. The highest BCUT2D eigenvalue weighted by atomic mass is 19.1. The molecular formula is C22H21FN4O. The third-order valence-corrected chi connectivity index (χ3v) is 4.85. The molecule has 1 aromatic heterocycles. The Morgan fingerprint density at radius 1 is 1.11 bits per heavy atom. The molecule has 0 spiro atoms. The van der Waals surface area contributed by atoms with Gasteiger partial charge in [0.15, 0.2) is 5.82 Å². The number of benzene rings is 2. The molecule has 1 amide bonds. The number of amides is 1. The molecule has 0 bridgehead atoms. The lowest BCUT2D eigenvalue weighted by molar-refractivity contribution is 0.0937. The van der Waals surface area contributed by atoms with Gasteiger partial charge in [0.2, 0.25) is 0 Å². The van der Waals surface area contributed by atoms with Crippen LogP contribution in [0.25, 0.3) is 11.4 Å². The lowest BCUT2D eigenvalue weighted by atomic mass is 10.2. The Morgan fingerprint density at radius 2 is 1.89 bits per heavy atom. The molecule has 1 saturated heterocycles. The number of rotatable bonds is 5. The zero-order chi connectivity index (χ0) is 19.3. The van der Waals surface area contributed by atoms with Crippen molar-refractivity contribution in [2.75, 3.05) is 13.1 Å². The van der Waals surface area contributed by atoms with Gasteiger partial charge in [0.1, 0.15) is 5.82 Å². The Labute approximate surface area is 163 Å². The molecule has 1 unspecified atom stereocenters. The predicted octanol–water partition coefficient (Wildman–Crippen LogP) is 3.29. The molecule has 1 fully saturated rings. The highest BCUT2D eigenvalue weighted by Crippen LogP contribution is 2.16. The Hall–Kier alpha value is -3.12. The normalized spacial score (nSPS) is 16.8. The van der Waals surface area contributed by atoms with Crippen LogP contribution in [0, 0.1) is 5.82 Å². The van der Waals surface area contributed by atoms with Crippen LogP contribution in [0.1, 0.15) is 22.3 Å². The van der Waals surface area contributed by atoms with Crippen molar-refractivity contribution in [3.05, 3.63) is 83.9 Å². The number of hydrogen-bond donors (Lipinski definition) is 1. The molecule has 2 heterocycles. The zero-order valence-corrected chi connectivity index (χ0v) is 15.4. The summed E-state index contributed by atoms with van der Waals surface area (Å²) >= 11 is 0. The first-order valence-electron chi connectivity index (χ1n) is 9.32. The summed E-state index contributed by atoms with van der Waals surface area (Å²) in [6.07, 6.45) is 3.89. The fourth-order valence-electron chi connectivity index (χ4n) is 3.43. The van der Waals surface area contributed by atoms with Crippen LogP contribution < -0.4 is 5.32 Å². The van der Waals surface area contributed by atoms with Gasteiger partial charge in [0.05, 0.1) is 5.56 Å². The van der Waals surface area contributed by atoms with Gasteiger partial charge < -0.3 is 5.32 Å². The molecule has 0 aliphatic carbocycles. The van der Waals surface area contributed by atoms with Crippen LogP contribution in [-0.4, -0.2) is 39.9 Å². The molecule has 0 saturated carbocycles. The molecule has 3 aromatic rings. The van der Waals surface area contributed by atoms with E-state index in [-0.39, 0.29) is 17.8 Å². The van der Waals surface area contributed by atoms with Crippen LogP contribution in [-0.2, 0) is 6.54 Å². The Bertz CT molecular complexity index is 946. The van der Waals surface area contributed by atoms with E-state index in [1.54, 1.807) is 12.1 Å². The van der Waals surface area contributed by atoms with Crippen LogP contribution in [0.3, 0.4) is 0 Å². The molecule has 142 valence electrons. The second-order valence-electron chi connectivity index (χ2n) is 6.99.